The Labute approximate surface area is 124 Å². The molecule has 1 nitrogen and oxygen atoms in total. The second-order valence-electron chi connectivity index (χ2n) is 4.44. The summed E-state index contributed by atoms with van der Waals surface area (Å²) in [5.41, 5.74) is 2.04. The third kappa shape index (κ3) is 3.97. The summed E-state index contributed by atoms with van der Waals surface area (Å²) in [5.74, 6) is 0. The first kappa shape index (κ1) is 14.4. The highest BCUT2D eigenvalue weighted by Crippen LogP contribution is 2.53. The van der Waals surface area contributed by atoms with Gasteiger partial charge in [-0.3, -0.25) is 0 Å². The van der Waals surface area contributed by atoms with Gasteiger partial charge in [0.15, 0.2) is 0 Å². The molecular formula is C15H14OPS2-. The van der Waals surface area contributed by atoms with Crippen molar-refractivity contribution in [3.8, 4) is 0 Å². The van der Waals surface area contributed by atoms with Crippen LogP contribution in [-0.4, -0.2) is 3.94 Å². The quantitative estimate of drug-likeness (QED) is 0.457. The molecule has 0 amide bonds. The largest absolute Gasteiger partial charge is 0.425 e. The Hall–Kier alpha value is -1.02. The van der Waals surface area contributed by atoms with Gasteiger partial charge in [-0.1, -0.05) is 64.6 Å². The smallest absolute Gasteiger partial charge is 0.105 e. The van der Waals surface area contributed by atoms with Crippen molar-refractivity contribution in [3.63, 3.8) is 0 Å². The Kier molecular flexibility index (Phi) is 4.87. The molecule has 0 bridgehead atoms. The van der Waals surface area contributed by atoms with Gasteiger partial charge in [0.05, 0.1) is 0 Å². The van der Waals surface area contributed by atoms with E-state index in [1.807, 2.05) is 60.7 Å². The van der Waals surface area contributed by atoms with Crippen molar-refractivity contribution < 1.29 is 4.57 Å². The molecule has 0 radical (unpaired) electrons. The topological polar surface area (TPSA) is 17.1 Å². The molecule has 0 aliphatic carbocycles. The van der Waals surface area contributed by atoms with Crippen LogP contribution >= 0.6 is 19.4 Å². The fourth-order valence-corrected chi connectivity index (χ4v) is 4.69. The number of thiocarbonyl (C=S) groups is 1. The average molecular weight is 305 g/mol. The highest BCUT2D eigenvalue weighted by atomic mass is 32.1. The van der Waals surface area contributed by atoms with Gasteiger partial charge in [-0.15, -0.1) is 0 Å². The van der Waals surface area contributed by atoms with Gasteiger partial charge in [-0.2, -0.15) is 0 Å². The van der Waals surface area contributed by atoms with Crippen molar-refractivity contribution in [1.29, 1.82) is 0 Å². The molecule has 0 atom stereocenters. The van der Waals surface area contributed by atoms with E-state index in [9.17, 15) is 4.57 Å². The van der Waals surface area contributed by atoms with Crippen LogP contribution in [0, 0.1) is 0 Å². The summed E-state index contributed by atoms with van der Waals surface area (Å²) in [4.78, 5) is 0. The summed E-state index contributed by atoms with van der Waals surface area (Å²) in [6, 6.07) is 19.5. The molecule has 0 aliphatic rings. The lowest BCUT2D eigenvalue weighted by Crippen LogP contribution is -2.00. The first-order valence-electron chi connectivity index (χ1n) is 5.98. The zero-order valence-electron chi connectivity index (χ0n) is 10.4. The summed E-state index contributed by atoms with van der Waals surface area (Å²) in [7, 11) is -2.69. The SMILES string of the molecule is O=P(Cc1ccccc1)(Cc1ccccc1)C(=S)[S-]. The Balaban J connectivity index is 2.24. The van der Waals surface area contributed by atoms with Crippen molar-refractivity contribution in [2.45, 2.75) is 12.3 Å². The summed E-state index contributed by atoms with van der Waals surface area (Å²) in [5, 5.41) is 0. The molecule has 0 aromatic heterocycles. The average Bonchev–Trinajstić information content (AvgIpc) is 2.40. The normalized spacial score (nSPS) is 11.2. The highest BCUT2D eigenvalue weighted by Gasteiger charge is 2.21. The first-order chi connectivity index (χ1) is 9.10. The minimum absolute atomic E-state index is 0.222. The van der Waals surface area contributed by atoms with Crippen molar-refractivity contribution in [2.24, 2.45) is 0 Å². The van der Waals surface area contributed by atoms with E-state index >= 15 is 0 Å². The third-order valence-electron chi connectivity index (χ3n) is 2.89. The number of hydrogen-bond donors (Lipinski definition) is 0. The van der Waals surface area contributed by atoms with Crippen LogP contribution in [-0.2, 0) is 29.5 Å². The monoisotopic (exact) mass is 305 g/mol. The summed E-state index contributed by atoms with van der Waals surface area (Å²) >= 11 is 10.2. The molecule has 98 valence electrons. The molecule has 0 aliphatic heterocycles. The zero-order chi connectivity index (χ0) is 13.7. The van der Waals surface area contributed by atoms with Gasteiger partial charge in [0.2, 0.25) is 0 Å². The van der Waals surface area contributed by atoms with Gasteiger partial charge in [-0.05, 0) is 11.1 Å². The second kappa shape index (κ2) is 6.42. The van der Waals surface area contributed by atoms with E-state index < -0.39 is 7.14 Å². The van der Waals surface area contributed by atoms with Crippen LogP contribution in [0.1, 0.15) is 11.1 Å². The molecule has 4 heteroatoms. The fourth-order valence-electron chi connectivity index (χ4n) is 1.94. The molecule has 0 spiro atoms. The first-order valence-corrected chi connectivity index (χ1v) is 8.87. The van der Waals surface area contributed by atoms with Gasteiger partial charge in [0.1, 0.15) is 7.14 Å². The summed E-state index contributed by atoms with van der Waals surface area (Å²) in [6.45, 7) is 0. The van der Waals surface area contributed by atoms with Crippen LogP contribution < -0.4 is 0 Å². The van der Waals surface area contributed by atoms with Crippen LogP contribution in [0.15, 0.2) is 60.7 Å². The molecule has 2 aromatic rings. The molecule has 0 heterocycles. The Morgan fingerprint density at radius 2 is 1.26 bits per heavy atom. The molecule has 0 N–H and O–H groups in total. The Bertz CT molecular complexity index is 551. The van der Waals surface area contributed by atoms with E-state index in [1.54, 1.807) is 0 Å². The maximum absolute atomic E-state index is 13.0. The zero-order valence-corrected chi connectivity index (χ0v) is 12.9. The Morgan fingerprint density at radius 1 is 0.895 bits per heavy atom. The number of rotatable bonds is 5. The van der Waals surface area contributed by atoms with Crippen molar-refractivity contribution >= 4 is 35.9 Å². The van der Waals surface area contributed by atoms with Crippen LogP contribution in [0.2, 0.25) is 0 Å². The lowest BCUT2D eigenvalue weighted by atomic mass is 10.2. The summed E-state index contributed by atoms with van der Waals surface area (Å²) < 4.78 is 13.2. The lowest BCUT2D eigenvalue weighted by molar-refractivity contribution is 0.582. The molecule has 2 aromatic carbocycles. The number of benzene rings is 2. The summed E-state index contributed by atoms with van der Waals surface area (Å²) in [6.07, 6.45) is 0.899. The van der Waals surface area contributed by atoms with Crippen molar-refractivity contribution in [3.05, 3.63) is 71.8 Å². The maximum Gasteiger partial charge on any atom is 0.105 e. The van der Waals surface area contributed by atoms with Gasteiger partial charge in [-0.25, -0.2) is 0 Å². The third-order valence-corrected chi connectivity index (χ3v) is 7.31. The molecule has 0 fully saturated rings. The number of hydrogen-bond acceptors (Lipinski definition) is 3. The van der Waals surface area contributed by atoms with Crippen molar-refractivity contribution in [1.82, 2.24) is 0 Å². The lowest BCUT2D eigenvalue weighted by Gasteiger charge is -2.22. The van der Waals surface area contributed by atoms with E-state index in [4.69, 9.17) is 24.8 Å². The highest BCUT2D eigenvalue weighted by molar-refractivity contribution is 8.20. The maximum atomic E-state index is 13.0. The predicted molar refractivity (Wildman–Crippen MR) is 87.9 cm³/mol. The predicted octanol–water partition coefficient (Wildman–Crippen LogP) is 4.58. The molecule has 0 saturated carbocycles. The molecular weight excluding hydrogens is 291 g/mol. The van der Waals surface area contributed by atoms with E-state index in [0.717, 1.165) is 11.1 Å². The van der Waals surface area contributed by atoms with E-state index in [2.05, 4.69) is 0 Å². The Morgan fingerprint density at radius 3 is 1.58 bits per heavy atom. The van der Waals surface area contributed by atoms with E-state index in [-0.39, 0.29) is 3.94 Å². The van der Waals surface area contributed by atoms with Crippen LogP contribution in [0.4, 0.5) is 0 Å². The molecule has 19 heavy (non-hydrogen) atoms. The van der Waals surface area contributed by atoms with Gasteiger partial charge in [0.25, 0.3) is 0 Å². The molecule has 2 rings (SSSR count). The van der Waals surface area contributed by atoms with Crippen LogP contribution in [0.5, 0.6) is 0 Å². The molecule has 0 unspecified atom stereocenters. The van der Waals surface area contributed by atoms with Crippen LogP contribution in [0.3, 0.4) is 0 Å². The van der Waals surface area contributed by atoms with Gasteiger partial charge >= 0.3 is 0 Å². The van der Waals surface area contributed by atoms with Gasteiger partial charge < -0.3 is 29.4 Å². The van der Waals surface area contributed by atoms with Gasteiger partial charge in [0, 0.05) is 12.3 Å². The van der Waals surface area contributed by atoms with E-state index in [0.29, 0.717) is 12.3 Å². The second-order valence-corrected chi connectivity index (χ2v) is 8.98. The minimum Gasteiger partial charge on any atom is -0.425 e. The van der Waals surface area contributed by atoms with E-state index in [1.165, 1.54) is 0 Å². The van der Waals surface area contributed by atoms with Crippen LogP contribution in [0.25, 0.3) is 0 Å². The van der Waals surface area contributed by atoms with Crippen molar-refractivity contribution in [2.75, 3.05) is 0 Å². The standard InChI is InChI=1S/C15H15OPS2/c16-17(15(18)19,11-13-7-3-1-4-8-13)12-14-9-5-2-6-10-14/h1-10H,11-12H2,(H,18,19)/p-1. The minimum atomic E-state index is -2.69. The fraction of sp³-hybridized carbons (Fsp3) is 0.133. The molecule has 0 saturated heterocycles.